The summed E-state index contributed by atoms with van der Waals surface area (Å²) in [4.78, 5) is 14.9. The third-order valence-electron chi connectivity index (χ3n) is 4.70. The van der Waals surface area contributed by atoms with Crippen molar-refractivity contribution in [2.45, 2.75) is 60.4 Å². The average molecular weight is 319 g/mol. The second-order valence-electron chi connectivity index (χ2n) is 7.96. The molecule has 2 heterocycles. The van der Waals surface area contributed by atoms with Crippen molar-refractivity contribution >= 4 is 21.6 Å². The van der Waals surface area contributed by atoms with Crippen molar-refractivity contribution in [2.24, 2.45) is 17.3 Å². The molecule has 1 aliphatic carbocycles. The molecule has 22 heavy (non-hydrogen) atoms. The van der Waals surface area contributed by atoms with Gasteiger partial charge in [0.05, 0.1) is 5.39 Å². The molecule has 1 atom stereocenters. The second-order valence-corrected chi connectivity index (χ2v) is 9.04. The molecule has 0 saturated heterocycles. The normalized spacial score (nSPS) is 18.9. The molecule has 0 aromatic carbocycles. The molecule has 0 bridgehead atoms. The first-order valence-corrected chi connectivity index (χ1v) is 8.97. The van der Waals surface area contributed by atoms with Crippen molar-refractivity contribution in [2.75, 3.05) is 0 Å². The average Bonchev–Trinajstić information content (AvgIpc) is 2.78. The molecule has 1 unspecified atom stereocenters. The maximum atomic E-state index is 12.7. The van der Waals surface area contributed by atoms with E-state index in [1.54, 1.807) is 11.3 Å². The molecule has 0 saturated carbocycles. The van der Waals surface area contributed by atoms with Crippen LogP contribution in [0.25, 0.3) is 10.2 Å². The van der Waals surface area contributed by atoms with Crippen LogP contribution in [-0.2, 0) is 19.4 Å². The Morgan fingerprint density at radius 1 is 1.36 bits per heavy atom. The molecule has 0 amide bonds. The highest BCUT2D eigenvalue weighted by atomic mass is 32.1. The summed E-state index contributed by atoms with van der Waals surface area (Å²) in [6.07, 6.45) is 3.23. The molecule has 0 spiro atoms. The van der Waals surface area contributed by atoms with E-state index in [-0.39, 0.29) is 5.56 Å². The fourth-order valence-electron chi connectivity index (χ4n) is 3.33. The first-order valence-electron chi connectivity index (χ1n) is 8.15. The van der Waals surface area contributed by atoms with Crippen LogP contribution < -0.4 is 5.56 Å². The van der Waals surface area contributed by atoms with Gasteiger partial charge in [0.15, 0.2) is 4.83 Å². The predicted molar refractivity (Wildman–Crippen MR) is 91.5 cm³/mol. The quantitative estimate of drug-likeness (QED) is 0.848. The molecule has 0 N–H and O–H groups in total. The summed E-state index contributed by atoms with van der Waals surface area (Å²) in [6.45, 7) is 11.8. The lowest BCUT2D eigenvalue weighted by Crippen LogP contribution is -2.28. The molecule has 2 aromatic heterocycles. The Balaban J connectivity index is 2.06. The van der Waals surface area contributed by atoms with Crippen LogP contribution in [0.1, 0.15) is 51.5 Å². The molecule has 5 heteroatoms. The fraction of sp³-hybridized carbons (Fsp3) is 0.706. The van der Waals surface area contributed by atoms with Crippen LogP contribution in [-0.4, -0.2) is 15.0 Å². The van der Waals surface area contributed by atoms with Gasteiger partial charge in [-0.25, -0.2) is 4.68 Å². The van der Waals surface area contributed by atoms with Gasteiger partial charge >= 0.3 is 0 Å². The summed E-state index contributed by atoms with van der Waals surface area (Å²) in [5, 5.41) is 9.28. The smallest absolute Gasteiger partial charge is 0.267 e. The Hall–Kier alpha value is -1.23. The number of fused-ring (bicyclic) bond motifs is 3. The van der Waals surface area contributed by atoms with E-state index in [1.807, 2.05) is 0 Å². The van der Waals surface area contributed by atoms with E-state index in [1.165, 1.54) is 15.1 Å². The zero-order chi connectivity index (χ0) is 16.1. The van der Waals surface area contributed by atoms with Crippen LogP contribution in [0, 0.1) is 17.3 Å². The van der Waals surface area contributed by atoms with Crippen molar-refractivity contribution in [3.63, 3.8) is 0 Å². The Kier molecular flexibility index (Phi) is 3.87. The van der Waals surface area contributed by atoms with E-state index in [0.717, 1.165) is 29.5 Å². The standard InChI is InChI=1S/C17H25N3OS/c1-10(2)9-20-16(21)14-12-7-6-11(17(3,4)5)8-13(12)22-15(14)18-19-20/h10-11H,6-9H2,1-5H3. The number of aryl methyl sites for hydroxylation is 1. The fourth-order valence-corrected chi connectivity index (χ4v) is 4.57. The molecular formula is C17H25N3OS. The number of aromatic nitrogens is 3. The maximum Gasteiger partial charge on any atom is 0.278 e. The Morgan fingerprint density at radius 2 is 2.09 bits per heavy atom. The Bertz CT molecular complexity index is 752. The van der Waals surface area contributed by atoms with Crippen molar-refractivity contribution in [3.8, 4) is 0 Å². The summed E-state index contributed by atoms with van der Waals surface area (Å²) >= 11 is 1.67. The summed E-state index contributed by atoms with van der Waals surface area (Å²) in [5.41, 5.74) is 1.61. The van der Waals surface area contributed by atoms with E-state index in [2.05, 4.69) is 44.9 Å². The van der Waals surface area contributed by atoms with Crippen LogP contribution in [0.5, 0.6) is 0 Å². The highest BCUT2D eigenvalue weighted by Gasteiger charge is 2.31. The third-order valence-corrected chi connectivity index (χ3v) is 5.84. The monoisotopic (exact) mass is 319 g/mol. The predicted octanol–water partition coefficient (Wildman–Crippen LogP) is 3.66. The molecule has 120 valence electrons. The van der Waals surface area contributed by atoms with E-state index in [0.29, 0.717) is 23.8 Å². The molecule has 3 rings (SSSR count). The maximum absolute atomic E-state index is 12.7. The van der Waals surface area contributed by atoms with E-state index in [4.69, 9.17) is 0 Å². The van der Waals surface area contributed by atoms with Crippen LogP contribution in [0.3, 0.4) is 0 Å². The number of thiophene rings is 1. The largest absolute Gasteiger partial charge is 0.278 e. The van der Waals surface area contributed by atoms with Crippen molar-refractivity contribution in [1.29, 1.82) is 0 Å². The zero-order valence-electron chi connectivity index (χ0n) is 14.1. The van der Waals surface area contributed by atoms with Crippen LogP contribution in [0.15, 0.2) is 4.79 Å². The molecule has 1 aliphatic rings. The topological polar surface area (TPSA) is 47.8 Å². The minimum Gasteiger partial charge on any atom is -0.267 e. The van der Waals surface area contributed by atoms with Gasteiger partial charge in [0, 0.05) is 11.4 Å². The Labute approximate surface area is 135 Å². The van der Waals surface area contributed by atoms with Gasteiger partial charge in [0.25, 0.3) is 5.56 Å². The van der Waals surface area contributed by atoms with Gasteiger partial charge in [-0.1, -0.05) is 39.8 Å². The second kappa shape index (κ2) is 5.44. The van der Waals surface area contributed by atoms with Gasteiger partial charge in [-0.05, 0) is 42.1 Å². The summed E-state index contributed by atoms with van der Waals surface area (Å²) in [5.74, 6) is 1.07. The summed E-state index contributed by atoms with van der Waals surface area (Å²) in [7, 11) is 0. The van der Waals surface area contributed by atoms with E-state index >= 15 is 0 Å². The first-order chi connectivity index (χ1) is 10.3. The Morgan fingerprint density at radius 3 is 2.73 bits per heavy atom. The molecule has 0 aliphatic heterocycles. The minimum atomic E-state index is 0.0467. The highest BCUT2D eigenvalue weighted by Crippen LogP contribution is 2.41. The van der Waals surface area contributed by atoms with E-state index < -0.39 is 0 Å². The van der Waals surface area contributed by atoms with Gasteiger partial charge in [-0.15, -0.1) is 16.4 Å². The molecule has 0 radical (unpaired) electrons. The van der Waals surface area contributed by atoms with Crippen molar-refractivity contribution in [1.82, 2.24) is 15.0 Å². The number of hydrogen-bond acceptors (Lipinski definition) is 4. The van der Waals surface area contributed by atoms with Gasteiger partial charge in [0.1, 0.15) is 0 Å². The van der Waals surface area contributed by atoms with Gasteiger partial charge < -0.3 is 0 Å². The lowest BCUT2D eigenvalue weighted by molar-refractivity contribution is 0.218. The summed E-state index contributed by atoms with van der Waals surface area (Å²) < 4.78 is 1.54. The molecule has 0 fully saturated rings. The SMILES string of the molecule is CC(C)Cn1nnc2sc3c(c2c1=O)CCC(C(C)(C)C)C3. The van der Waals surface area contributed by atoms with E-state index in [9.17, 15) is 4.79 Å². The van der Waals surface area contributed by atoms with Crippen molar-refractivity contribution < 1.29 is 0 Å². The molecule has 2 aromatic rings. The van der Waals surface area contributed by atoms with Crippen LogP contribution in [0.4, 0.5) is 0 Å². The lowest BCUT2D eigenvalue weighted by atomic mass is 9.72. The molecular weight excluding hydrogens is 294 g/mol. The third kappa shape index (κ3) is 2.71. The first kappa shape index (κ1) is 15.7. The molecule has 4 nitrogen and oxygen atoms in total. The summed E-state index contributed by atoms with van der Waals surface area (Å²) in [6, 6.07) is 0. The van der Waals surface area contributed by atoms with Gasteiger partial charge in [-0.3, -0.25) is 4.79 Å². The number of nitrogens with zero attached hydrogens (tertiary/aromatic N) is 3. The zero-order valence-corrected chi connectivity index (χ0v) is 15.0. The van der Waals surface area contributed by atoms with Gasteiger partial charge in [-0.2, -0.15) is 0 Å². The van der Waals surface area contributed by atoms with Crippen LogP contribution >= 0.6 is 11.3 Å². The lowest BCUT2D eigenvalue weighted by Gasteiger charge is -2.33. The van der Waals surface area contributed by atoms with Gasteiger partial charge in [0.2, 0.25) is 0 Å². The minimum absolute atomic E-state index is 0.0467. The van der Waals surface area contributed by atoms with Crippen LogP contribution in [0.2, 0.25) is 0 Å². The number of hydrogen-bond donors (Lipinski definition) is 0. The number of rotatable bonds is 2. The highest BCUT2D eigenvalue weighted by molar-refractivity contribution is 7.18. The van der Waals surface area contributed by atoms with Crippen molar-refractivity contribution in [3.05, 3.63) is 20.8 Å².